The molecule has 2 atom stereocenters. The first-order valence-electron chi connectivity index (χ1n) is 8.63. The second-order valence-corrected chi connectivity index (χ2v) is 8.66. The third-order valence-electron chi connectivity index (χ3n) is 4.42. The summed E-state index contributed by atoms with van der Waals surface area (Å²) < 4.78 is 38.7. The molecule has 0 aliphatic carbocycles. The Labute approximate surface area is 160 Å². The van der Waals surface area contributed by atoms with Crippen LogP contribution < -0.4 is 9.62 Å². The molecule has 1 N–H and O–H groups in total. The molecule has 0 bridgehead atoms. The lowest BCUT2D eigenvalue weighted by Crippen LogP contribution is -2.48. The molecule has 0 spiro atoms. The van der Waals surface area contributed by atoms with Crippen LogP contribution in [-0.4, -0.2) is 26.6 Å². The number of carbonyl (C=O) groups excluding carboxylic acids is 1. The summed E-state index contributed by atoms with van der Waals surface area (Å²) in [4.78, 5) is 12.7. The standard InChI is InChI=1S/C20H25FN2O3S/c1-13-6-11-19(14(2)12-13)15(3)22-20(24)16(4)23(27(5,25)26)18-9-7-17(21)8-10-18/h6-12,15-16H,1-5H3,(H,22,24)/t15-,16-/m1/s1. The van der Waals surface area contributed by atoms with Crippen LogP contribution in [0.25, 0.3) is 0 Å². The van der Waals surface area contributed by atoms with Gasteiger partial charge in [0.05, 0.1) is 18.0 Å². The summed E-state index contributed by atoms with van der Waals surface area (Å²) in [6.45, 7) is 7.32. The van der Waals surface area contributed by atoms with Gasteiger partial charge in [0.25, 0.3) is 0 Å². The Bertz CT molecular complexity index is 927. The predicted octanol–water partition coefficient (Wildman–Crippen LogP) is 3.47. The van der Waals surface area contributed by atoms with E-state index in [0.717, 1.165) is 39.4 Å². The number of halogens is 1. The van der Waals surface area contributed by atoms with Gasteiger partial charge in [-0.05, 0) is 63.1 Å². The van der Waals surface area contributed by atoms with Gasteiger partial charge in [-0.15, -0.1) is 0 Å². The summed E-state index contributed by atoms with van der Waals surface area (Å²) in [5.41, 5.74) is 3.38. The van der Waals surface area contributed by atoms with E-state index in [4.69, 9.17) is 0 Å². The maximum atomic E-state index is 13.2. The molecule has 2 aromatic carbocycles. The van der Waals surface area contributed by atoms with Crippen molar-refractivity contribution in [2.75, 3.05) is 10.6 Å². The zero-order valence-electron chi connectivity index (χ0n) is 16.2. The lowest BCUT2D eigenvalue weighted by Gasteiger charge is -2.29. The molecule has 0 radical (unpaired) electrons. The largest absolute Gasteiger partial charge is 0.348 e. The van der Waals surface area contributed by atoms with Crippen molar-refractivity contribution in [3.8, 4) is 0 Å². The van der Waals surface area contributed by atoms with Crippen molar-refractivity contribution in [3.63, 3.8) is 0 Å². The molecule has 0 heterocycles. The van der Waals surface area contributed by atoms with Crippen molar-refractivity contribution < 1.29 is 17.6 Å². The van der Waals surface area contributed by atoms with Gasteiger partial charge in [-0.2, -0.15) is 0 Å². The van der Waals surface area contributed by atoms with Crippen molar-refractivity contribution in [2.24, 2.45) is 0 Å². The Morgan fingerprint density at radius 3 is 2.19 bits per heavy atom. The van der Waals surface area contributed by atoms with E-state index in [2.05, 4.69) is 5.32 Å². The van der Waals surface area contributed by atoms with Gasteiger partial charge in [0.2, 0.25) is 15.9 Å². The summed E-state index contributed by atoms with van der Waals surface area (Å²) in [7, 11) is -3.74. The van der Waals surface area contributed by atoms with Gasteiger partial charge >= 0.3 is 0 Å². The monoisotopic (exact) mass is 392 g/mol. The Balaban J connectivity index is 2.25. The molecule has 0 unspecified atom stereocenters. The molecule has 2 rings (SSSR count). The van der Waals surface area contributed by atoms with E-state index in [0.29, 0.717) is 0 Å². The highest BCUT2D eigenvalue weighted by molar-refractivity contribution is 7.92. The van der Waals surface area contributed by atoms with Crippen LogP contribution in [0.5, 0.6) is 0 Å². The average Bonchev–Trinajstić information content (AvgIpc) is 2.55. The first-order valence-corrected chi connectivity index (χ1v) is 10.5. The number of nitrogens with zero attached hydrogens (tertiary/aromatic N) is 1. The molecule has 0 fully saturated rings. The molecule has 5 nitrogen and oxygen atoms in total. The van der Waals surface area contributed by atoms with Crippen molar-refractivity contribution in [1.29, 1.82) is 0 Å². The minimum Gasteiger partial charge on any atom is -0.348 e. The summed E-state index contributed by atoms with van der Waals surface area (Å²) in [6.07, 6.45) is 1.02. The van der Waals surface area contributed by atoms with E-state index >= 15 is 0 Å². The number of carbonyl (C=O) groups is 1. The zero-order chi connectivity index (χ0) is 20.4. The first-order chi connectivity index (χ1) is 12.5. The van der Waals surface area contributed by atoms with Crippen molar-refractivity contribution in [1.82, 2.24) is 5.32 Å². The number of sulfonamides is 1. The summed E-state index contributed by atoms with van der Waals surface area (Å²) in [5, 5.41) is 2.87. The molecule has 0 saturated carbocycles. The fourth-order valence-corrected chi connectivity index (χ4v) is 4.29. The predicted molar refractivity (Wildman–Crippen MR) is 106 cm³/mol. The number of benzene rings is 2. The molecular weight excluding hydrogens is 367 g/mol. The lowest BCUT2D eigenvalue weighted by atomic mass is 10.00. The second-order valence-electron chi connectivity index (χ2n) is 6.80. The van der Waals surface area contributed by atoms with Gasteiger partial charge in [0.15, 0.2) is 0 Å². The SMILES string of the molecule is Cc1ccc([C@@H](C)NC(=O)[C@@H](C)N(c2ccc(F)cc2)S(C)(=O)=O)c(C)c1. The van der Waals surface area contributed by atoms with Crippen LogP contribution in [0.1, 0.15) is 36.6 Å². The first kappa shape index (κ1) is 20.9. The molecule has 7 heteroatoms. The van der Waals surface area contributed by atoms with Crippen molar-refractivity contribution in [2.45, 2.75) is 39.8 Å². The van der Waals surface area contributed by atoms with Gasteiger partial charge in [-0.25, -0.2) is 12.8 Å². The maximum Gasteiger partial charge on any atom is 0.244 e. The smallest absolute Gasteiger partial charge is 0.244 e. The normalized spacial score (nSPS) is 13.7. The molecular formula is C20H25FN2O3S. The third-order valence-corrected chi connectivity index (χ3v) is 5.66. The molecule has 0 aromatic heterocycles. The molecule has 27 heavy (non-hydrogen) atoms. The highest BCUT2D eigenvalue weighted by Crippen LogP contribution is 2.23. The average molecular weight is 392 g/mol. The Hall–Kier alpha value is -2.41. The van der Waals surface area contributed by atoms with Crippen molar-refractivity contribution >= 4 is 21.6 Å². The fraction of sp³-hybridized carbons (Fsp3) is 0.350. The fourth-order valence-electron chi connectivity index (χ4n) is 3.12. The molecule has 1 amide bonds. The Morgan fingerprint density at radius 2 is 1.67 bits per heavy atom. The zero-order valence-corrected chi connectivity index (χ0v) is 17.0. The minimum atomic E-state index is -3.74. The summed E-state index contributed by atoms with van der Waals surface area (Å²) >= 11 is 0. The Morgan fingerprint density at radius 1 is 1.07 bits per heavy atom. The van der Waals surface area contributed by atoms with E-state index in [1.54, 1.807) is 0 Å². The van der Waals surface area contributed by atoms with Crippen LogP contribution in [0.2, 0.25) is 0 Å². The number of amides is 1. The van der Waals surface area contributed by atoms with Crippen LogP contribution in [0.15, 0.2) is 42.5 Å². The van der Waals surface area contributed by atoms with Gasteiger partial charge < -0.3 is 5.32 Å². The number of anilines is 1. The van der Waals surface area contributed by atoms with Crippen molar-refractivity contribution in [3.05, 3.63) is 65.0 Å². The van der Waals surface area contributed by atoms with E-state index in [-0.39, 0.29) is 11.7 Å². The minimum absolute atomic E-state index is 0.237. The number of nitrogens with one attached hydrogen (secondary N) is 1. The number of rotatable bonds is 6. The van der Waals surface area contributed by atoms with Crippen LogP contribution in [0.3, 0.4) is 0 Å². The van der Waals surface area contributed by atoms with Gasteiger partial charge in [0, 0.05) is 0 Å². The molecule has 0 aliphatic heterocycles. The van der Waals surface area contributed by atoms with E-state index < -0.39 is 27.8 Å². The molecule has 0 aliphatic rings. The third kappa shape index (κ3) is 5.07. The molecule has 2 aromatic rings. The van der Waals surface area contributed by atoms with E-state index in [1.807, 2.05) is 39.0 Å². The van der Waals surface area contributed by atoms with Gasteiger partial charge in [-0.1, -0.05) is 23.8 Å². The Kier molecular flexibility index (Phi) is 6.26. The van der Waals surface area contributed by atoms with Gasteiger partial charge in [0.1, 0.15) is 11.9 Å². The van der Waals surface area contributed by atoms with Gasteiger partial charge in [-0.3, -0.25) is 9.10 Å². The maximum absolute atomic E-state index is 13.2. The van der Waals surface area contributed by atoms with E-state index in [1.165, 1.54) is 19.1 Å². The van der Waals surface area contributed by atoms with Crippen LogP contribution in [-0.2, 0) is 14.8 Å². The summed E-state index contributed by atoms with van der Waals surface area (Å²) in [6, 6.07) is 9.69. The highest BCUT2D eigenvalue weighted by atomic mass is 32.2. The highest BCUT2D eigenvalue weighted by Gasteiger charge is 2.30. The molecule has 0 saturated heterocycles. The summed E-state index contributed by atoms with van der Waals surface area (Å²) in [5.74, 6) is -0.912. The second kappa shape index (κ2) is 8.08. The van der Waals surface area contributed by atoms with Crippen LogP contribution >= 0.6 is 0 Å². The number of hydrogen-bond donors (Lipinski definition) is 1. The topological polar surface area (TPSA) is 66.5 Å². The number of aryl methyl sites for hydroxylation is 2. The lowest BCUT2D eigenvalue weighted by molar-refractivity contribution is -0.122. The van der Waals surface area contributed by atoms with Crippen LogP contribution in [0, 0.1) is 19.7 Å². The van der Waals surface area contributed by atoms with E-state index in [9.17, 15) is 17.6 Å². The van der Waals surface area contributed by atoms with Crippen LogP contribution in [0.4, 0.5) is 10.1 Å². The number of hydrogen-bond acceptors (Lipinski definition) is 3. The molecule has 146 valence electrons. The quantitative estimate of drug-likeness (QED) is 0.819.